The fraction of sp³-hybridized carbons (Fsp3) is 0.111. The van der Waals surface area contributed by atoms with Crippen molar-refractivity contribution in [1.29, 1.82) is 0 Å². The summed E-state index contributed by atoms with van der Waals surface area (Å²) in [5, 5.41) is 0. The molecule has 0 fully saturated rings. The van der Waals surface area contributed by atoms with Crippen LogP contribution in [0.25, 0.3) is 22.3 Å². The third kappa shape index (κ3) is 2.30. The summed E-state index contributed by atoms with van der Waals surface area (Å²) in [6.07, 6.45) is 3.17. The molecule has 4 aromatic rings. The smallest absolute Gasteiger partial charge is 0.00133 e. The fourth-order valence-electron chi connectivity index (χ4n) is 4.88. The highest BCUT2D eigenvalue weighted by Crippen LogP contribution is 2.43. The number of fused-ring (bicyclic) bond motifs is 6. The van der Waals surface area contributed by atoms with Gasteiger partial charge in [-0.3, -0.25) is 0 Å². The molecule has 27 heavy (non-hydrogen) atoms. The van der Waals surface area contributed by atoms with E-state index in [-0.39, 0.29) is 0 Å². The molecule has 128 valence electrons. The van der Waals surface area contributed by atoms with E-state index in [1.807, 2.05) is 0 Å². The van der Waals surface area contributed by atoms with Gasteiger partial charge >= 0.3 is 0 Å². The molecule has 0 saturated heterocycles. The first-order valence-corrected chi connectivity index (χ1v) is 9.76. The van der Waals surface area contributed by atoms with Crippen LogP contribution in [0.1, 0.15) is 33.4 Å². The van der Waals surface area contributed by atoms with Crippen molar-refractivity contribution in [3.8, 4) is 22.3 Å². The number of hydrogen-bond acceptors (Lipinski definition) is 0. The number of hydrogen-bond donors (Lipinski definition) is 0. The average molecular weight is 344 g/mol. The third-order valence-electron chi connectivity index (χ3n) is 6.23. The topological polar surface area (TPSA) is 0 Å². The van der Waals surface area contributed by atoms with Gasteiger partial charge in [-0.15, -0.1) is 0 Å². The van der Waals surface area contributed by atoms with Gasteiger partial charge in [0.05, 0.1) is 0 Å². The van der Waals surface area contributed by atoms with Gasteiger partial charge in [0.15, 0.2) is 0 Å². The first-order valence-electron chi connectivity index (χ1n) is 9.76. The van der Waals surface area contributed by atoms with Gasteiger partial charge in [0.25, 0.3) is 0 Å². The zero-order valence-corrected chi connectivity index (χ0v) is 15.2. The quantitative estimate of drug-likeness (QED) is 0.323. The average Bonchev–Trinajstić information content (AvgIpc) is 3.12. The normalized spacial score (nSPS) is 13.5. The summed E-state index contributed by atoms with van der Waals surface area (Å²) >= 11 is 0. The summed E-state index contributed by atoms with van der Waals surface area (Å²) in [6.45, 7) is 0. The van der Waals surface area contributed by atoms with E-state index in [4.69, 9.17) is 0 Å². The van der Waals surface area contributed by atoms with Crippen LogP contribution < -0.4 is 0 Å². The molecule has 0 amide bonds. The van der Waals surface area contributed by atoms with E-state index in [0.29, 0.717) is 0 Å². The highest BCUT2D eigenvalue weighted by molar-refractivity contribution is 5.81. The lowest BCUT2D eigenvalue weighted by molar-refractivity contribution is 1.00. The second kappa shape index (κ2) is 5.69. The van der Waals surface area contributed by atoms with Crippen molar-refractivity contribution in [1.82, 2.24) is 0 Å². The maximum absolute atomic E-state index is 2.41. The molecule has 0 N–H and O–H groups in total. The van der Waals surface area contributed by atoms with Crippen LogP contribution in [0.3, 0.4) is 0 Å². The molecule has 0 saturated carbocycles. The highest BCUT2D eigenvalue weighted by Gasteiger charge is 2.26. The van der Waals surface area contributed by atoms with Crippen LogP contribution in [0.4, 0.5) is 0 Å². The Balaban J connectivity index is 1.48. The minimum absolute atomic E-state index is 1.04. The highest BCUT2D eigenvalue weighted by atomic mass is 14.3. The van der Waals surface area contributed by atoms with Gasteiger partial charge in [0.2, 0.25) is 0 Å². The van der Waals surface area contributed by atoms with Crippen molar-refractivity contribution in [2.45, 2.75) is 19.3 Å². The Morgan fingerprint density at radius 2 is 1.19 bits per heavy atom. The summed E-state index contributed by atoms with van der Waals surface area (Å²) in [5.41, 5.74) is 14.6. The van der Waals surface area contributed by atoms with E-state index < -0.39 is 0 Å². The number of benzene rings is 4. The predicted molar refractivity (Wildman–Crippen MR) is 112 cm³/mol. The summed E-state index contributed by atoms with van der Waals surface area (Å²) < 4.78 is 0. The van der Waals surface area contributed by atoms with Crippen molar-refractivity contribution in [3.63, 3.8) is 0 Å². The van der Waals surface area contributed by atoms with Gasteiger partial charge in [0, 0.05) is 0 Å². The zero-order chi connectivity index (χ0) is 17.8. The molecule has 0 spiro atoms. The van der Waals surface area contributed by atoms with Crippen molar-refractivity contribution < 1.29 is 0 Å². The van der Waals surface area contributed by atoms with Gasteiger partial charge in [-0.25, -0.2) is 0 Å². The van der Waals surface area contributed by atoms with E-state index in [2.05, 4.69) is 84.9 Å². The third-order valence-corrected chi connectivity index (χ3v) is 6.23. The van der Waals surface area contributed by atoms with Crippen molar-refractivity contribution in [2.75, 3.05) is 0 Å². The molecule has 0 atom stereocenters. The fourth-order valence-corrected chi connectivity index (χ4v) is 4.88. The standard InChI is InChI=1S/C27H20/c1-2-6-18(7-3-1)19-10-11-20-14-22-12-13-23-16-21-8-4-5-9-25(21)27(23)26(22)17-24(20)15-19/h1-13,15H,14,16-17H2. The predicted octanol–water partition coefficient (Wildman–Crippen LogP) is 6.42. The Hall–Kier alpha value is -3.12. The molecule has 2 aliphatic rings. The lowest BCUT2D eigenvalue weighted by Gasteiger charge is -2.23. The second-order valence-electron chi connectivity index (χ2n) is 7.77. The molecule has 0 radical (unpaired) electrons. The van der Waals surface area contributed by atoms with Crippen LogP contribution in [0, 0.1) is 0 Å². The Morgan fingerprint density at radius 1 is 0.444 bits per heavy atom. The van der Waals surface area contributed by atoms with Crippen LogP contribution >= 0.6 is 0 Å². The Labute approximate surface area is 160 Å². The van der Waals surface area contributed by atoms with Gasteiger partial charge < -0.3 is 0 Å². The molecular weight excluding hydrogens is 324 g/mol. The van der Waals surface area contributed by atoms with Crippen LogP contribution in [0.2, 0.25) is 0 Å². The maximum atomic E-state index is 2.41. The molecule has 2 aliphatic carbocycles. The molecule has 0 unspecified atom stereocenters. The molecule has 0 aromatic heterocycles. The van der Waals surface area contributed by atoms with E-state index in [9.17, 15) is 0 Å². The molecule has 0 heteroatoms. The van der Waals surface area contributed by atoms with Gasteiger partial charge in [-0.1, -0.05) is 84.9 Å². The summed E-state index contributed by atoms with van der Waals surface area (Å²) in [7, 11) is 0. The van der Waals surface area contributed by atoms with Crippen molar-refractivity contribution in [3.05, 3.63) is 118 Å². The van der Waals surface area contributed by atoms with Crippen LogP contribution in [-0.2, 0) is 19.3 Å². The van der Waals surface area contributed by atoms with E-state index in [1.54, 1.807) is 5.56 Å². The molecule has 0 bridgehead atoms. The molecule has 4 aromatic carbocycles. The van der Waals surface area contributed by atoms with Gasteiger partial charge in [-0.2, -0.15) is 0 Å². The molecule has 0 heterocycles. The summed E-state index contributed by atoms with van der Waals surface area (Å²) in [6, 6.07) is 31.4. The monoisotopic (exact) mass is 344 g/mol. The Bertz CT molecular complexity index is 1180. The maximum Gasteiger partial charge on any atom is -0.00133 e. The van der Waals surface area contributed by atoms with E-state index >= 15 is 0 Å². The molecular formula is C27H20. The van der Waals surface area contributed by atoms with Crippen molar-refractivity contribution in [2.24, 2.45) is 0 Å². The van der Waals surface area contributed by atoms with E-state index in [0.717, 1.165) is 19.3 Å². The largest absolute Gasteiger partial charge is 0.0622 e. The first-order chi connectivity index (χ1) is 13.4. The Kier molecular flexibility index (Phi) is 3.16. The van der Waals surface area contributed by atoms with E-state index in [1.165, 1.54) is 50.1 Å². The zero-order valence-electron chi connectivity index (χ0n) is 15.2. The SMILES string of the molecule is c1ccc(-c2ccc3c(c2)Cc2c(ccc4c2-c2ccccc2C4)C3)cc1. The Morgan fingerprint density at radius 3 is 2.11 bits per heavy atom. The second-order valence-corrected chi connectivity index (χ2v) is 7.77. The minimum atomic E-state index is 1.04. The summed E-state index contributed by atoms with van der Waals surface area (Å²) in [5.74, 6) is 0. The lowest BCUT2D eigenvalue weighted by Crippen LogP contribution is -2.09. The lowest BCUT2D eigenvalue weighted by atomic mass is 9.81. The molecule has 0 aliphatic heterocycles. The van der Waals surface area contributed by atoms with Crippen LogP contribution in [0.5, 0.6) is 0 Å². The van der Waals surface area contributed by atoms with Gasteiger partial charge in [-0.05, 0) is 74.9 Å². The van der Waals surface area contributed by atoms with Crippen LogP contribution in [-0.4, -0.2) is 0 Å². The molecule has 6 rings (SSSR count). The minimum Gasteiger partial charge on any atom is -0.0622 e. The van der Waals surface area contributed by atoms with Crippen LogP contribution in [0.15, 0.2) is 84.9 Å². The summed E-state index contributed by atoms with van der Waals surface area (Å²) in [4.78, 5) is 0. The number of rotatable bonds is 1. The van der Waals surface area contributed by atoms with Crippen molar-refractivity contribution >= 4 is 0 Å². The molecule has 0 nitrogen and oxygen atoms in total. The first kappa shape index (κ1) is 15.0. The van der Waals surface area contributed by atoms with Gasteiger partial charge in [0.1, 0.15) is 0 Å².